The average molecular weight is 367 g/mol. The summed E-state index contributed by atoms with van der Waals surface area (Å²) in [5.74, 6) is 1.38. The molecule has 2 aliphatic heterocycles. The van der Waals surface area contributed by atoms with Crippen molar-refractivity contribution in [1.82, 2.24) is 19.8 Å². The van der Waals surface area contributed by atoms with Crippen molar-refractivity contribution in [2.24, 2.45) is 0 Å². The first-order valence-corrected chi connectivity index (χ1v) is 9.46. The molecule has 0 bridgehead atoms. The van der Waals surface area contributed by atoms with Crippen LogP contribution in [0, 0.1) is 0 Å². The van der Waals surface area contributed by atoms with E-state index < -0.39 is 0 Å². The van der Waals surface area contributed by atoms with Crippen LogP contribution in [0.1, 0.15) is 10.5 Å². The molecule has 7 nitrogen and oxygen atoms in total. The van der Waals surface area contributed by atoms with Gasteiger partial charge in [0, 0.05) is 50.9 Å². The Morgan fingerprint density at radius 1 is 0.963 bits per heavy atom. The Kier molecular flexibility index (Phi) is 5.31. The van der Waals surface area contributed by atoms with Gasteiger partial charge in [0.15, 0.2) is 5.82 Å². The number of morpholine rings is 1. The van der Waals surface area contributed by atoms with Gasteiger partial charge in [0.2, 0.25) is 0 Å². The molecule has 4 rings (SSSR count). The summed E-state index contributed by atoms with van der Waals surface area (Å²) < 4.78 is 5.37. The highest BCUT2D eigenvalue weighted by atomic mass is 16.5. The summed E-state index contributed by atoms with van der Waals surface area (Å²) in [4.78, 5) is 28.8. The molecule has 3 heterocycles. The lowest BCUT2D eigenvalue weighted by Crippen LogP contribution is -2.45. The lowest BCUT2D eigenvalue weighted by Gasteiger charge is -2.33. The molecule has 27 heavy (non-hydrogen) atoms. The summed E-state index contributed by atoms with van der Waals surface area (Å²) in [5.41, 5.74) is 1.38. The fourth-order valence-electron chi connectivity index (χ4n) is 3.39. The zero-order chi connectivity index (χ0) is 18.6. The lowest BCUT2D eigenvalue weighted by atomic mass is 10.2. The SMILES string of the molecule is CN1CCN(c2cc(C(=O)N3CCOCC3)nc(-c3ccccc3)n2)CC1. The second-order valence-corrected chi connectivity index (χ2v) is 7.00. The van der Waals surface area contributed by atoms with Gasteiger partial charge >= 0.3 is 0 Å². The number of aromatic nitrogens is 2. The zero-order valence-electron chi connectivity index (χ0n) is 15.7. The van der Waals surface area contributed by atoms with Crippen molar-refractivity contribution in [3.63, 3.8) is 0 Å². The van der Waals surface area contributed by atoms with Crippen molar-refractivity contribution in [3.8, 4) is 11.4 Å². The van der Waals surface area contributed by atoms with E-state index in [0.717, 1.165) is 37.6 Å². The van der Waals surface area contributed by atoms with Crippen LogP contribution in [0.5, 0.6) is 0 Å². The average Bonchev–Trinajstić information content (AvgIpc) is 2.74. The molecule has 2 fully saturated rings. The van der Waals surface area contributed by atoms with Crippen LogP contribution in [0.15, 0.2) is 36.4 Å². The molecular formula is C20H25N5O2. The molecular weight excluding hydrogens is 342 g/mol. The number of carbonyl (C=O) groups excluding carboxylic acids is 1. The first-order valence-electron chi connectivity index (χ1n) is 9.46. The van der Waals surface area contributed by atoms with Crippen LogP contribution in [0.4, 0.5) is 5.82 Å². The second-order valence-electron chi connectivity index (χ2n) is 7.00. The maximum atomic E-state index is 13.0. The molecule has 0 atom stereocenters. The normalized spacial score (nSPS) is 18.6. The molecule has 0 aliphatic carbocycles. The Hall–Kier alpha value is -2.51. The zero-order valence-corrected chi connectivity index (χ0v) is 15.7. The minimum absolute atomic E-state index is 0.0479. The number of benzene rings is 1. The molecule has 1 aromatic heterocycles. The third kappa shape index (κ3) is 4.09. The van der Waals surface area contributed by atoms with Gasteiger partial charge in [-0.15, -0.1) is 0 Å². The quantitative estimate of drug-likeness (QED) is 0.817. The molecule has 142 valence electrons. The van der Waals surface area contributed by atoms with Gasteiger partial charge in [-0.05, 0) is 7.05 Å². The van der Waals surface area contributed by atoms with Crippen LogP contribution in [0.25, 0.3) is 11.4 Å². The van der Waals surface area contributed by atoms with E-state index in [1.807, 2.05) is 41.3 Å². The van der Waals surface area contributed by atoms with E-state index >= 15 is 0 Å². The molecule has 2 saturated heterocycles. The summed E-state index contributed by atoms with van der Waals surface area (Å²) in [6.45, 7) is 6.12. The van der Waals surface area contributed by atoms with Gasteiger partial charge in [0.25, 0.3) is 5.91 Å². The van der Waals surface area contributed by atoms with Gasteiger partial charge in [-0.3, -0.25) is 4.79 Å². The van der Waals surface area contributed by atoms with E-state index in [4.69, 9.17) is 9.72 Å². The predicted molar refractivity (Wildman–Crippen MR) is 104 cm³/mol. The van der Waals surface area contributed by atoms with Crippen LogP contribution in [0.3, 0.4) is 0 Å². The first kappa shape index (κ1) is 17.9. The van der Waals surface area contributed by atoms with Crippen LogP contribution in [0.2, 0.25) is 0 Å². The fourth-order valence-corrected chi connectivity index (χ4v) is 3.39. The Morgan fingerprint density at radius 3 is 2.37 bits per heavy atom. The number of hydrogen-bond donors (Lipinski definition) is 0. The number of hydrogen-bond acceptors (Lipinski definition) is 6. The molecule has 0 saturated carbocycles. The van der Waals surface area contributed by atoms with E-state index in [1.165, 1.54) is 0 Å². The summed E-state index contributed by atoms with van der Waals surface area (Å²) in [6, 6.07) is 11.7. The summed E-state index contributed by atoms with van der Waals surface area (Å²) >= 11 is 0. The van der Waals surface area contributed by atoms with Gasteiger partial charge in [-0.1, -0.05) is 30.3 Å². The number of amides is 1. The Labute approximate surface area is 159 Å². The van der Waals surface area contributed by atoms with Crippen molar-refractivity contribution in [2.75, 3.05) is 64.4 Å². The van der Waals surface area contributed by atoms with E-state index in [-0.39, 0.29) is 5.91 Å². The highest BCUT2D eigenvalue weighted by Crippen LogP contribution is 2.22. The number of piperazine rings is 1. The second kappa shape index (κ2) is 8.02. The largest absolute Gasteiger partial charge is 0.378 e. The molecule has 0 spiro atoms. The van der Waals surface area contributed by atoms with Crippen LogP contribution in [-0.2, 0) is 4.74 Å². The summed E-state index contributed by atoms with van der Waals surface area (Å²) in [7, 11) is 2.13. The van der Waals surface area contributed by atoms with Crippen LogP contribution < -0.4 is 4.90 Å². The minimum Gasteiger partial charge on any atom is -0.378 e. The monoisotopic (exact) mass is 367 g/mol. The van der Waals surface area contributed by atoms with Crippen molar-refractivity contribution in [1.29, 1.82) is 0 Å². The molecule has 2 aliphatic rings. The van der Waals surface area contributed by atoms with Crippen molar-refractivity contribution in [3.05, 3.63) is 42.1 Å². The van der Waals surface area contributed by atoms with Crippen molar-refractivity contribution < 1.29 is 9.53 Å². The number of ether oxygens (including phenoxy) is 1. The van der Waals surface area contributed by atoms with E-state index in [1.54, 1.807) is 0 Å². The predicted octanol–water partition coefficient (Wildman–Crippen LogP) is 1.37. The van der Waals surface area contributed by atoms with Crippen LogP contribution >= 0.6 is 0 Å². The van der Waals surface area contributed by atoms with E-state index in [2.05, 4.69) is 21.8 Å². The standard InChI is InChI=1S/C20H25N5O2/c1-23-7-9-24(10-8-23)18-15-17(20(26)25-11-13-27-14-12-25)21-19(22-18)16-5-3-2-4-6-16/h2-6,15H,7-14H2,1H3. The smallest absolute Gasteiger partial charge is 0.272 e. The topological polar surface area (TPSA) is 61.8 Å². The first-order chi connectivity index (χ1) is 13.2. The highest BCUT2D eigenvalue weighted by molar-refractivity contribution is 5.93. The van der Waals surface area contributed by atoms with Gasteiger partial charge in [-0.25, -0.2) is 9.97 Å². The van der Waals surface area contributed by atoms with Crippen LogP contribution in [-0.4, -0.2) is 85.2 Å². The molecule has 1 amide bonds. The number of nitrogens with zero attached hydrogens (tertiary/aromatic N) is 5. The van der Waals surface area contributed by atoms with Crippen molar-refractivity contribution in [2.45, 2.75) is 0 Å². The third-order valence-corrected chi connectivity index (χ3v) is 5.09. The number of rotatable bonds is 3. The maximum Gasteiger partial charge on any atom is 0.272 e. The molecule has 7 heteroatoms. The summed E-state index contributed by atoms with van der Waals surface area (Å²) in [5, 5.41) is 0. The fraction of sp³-hybridized carbons (Fsp3) is 0.450. The van der Waals surface area contributed by atoms with Gasteiger partial charge in [0.1, 0.15) is 11.5 Å². The Bertz CT molecular complexity index is 784. The highest BCUT2D eigenvalue weighted by Gasteiger charge is 2.23. The van der Waals surface area contributed by atoms with Gasteiger partial charge in [0.05, 0.1) is 13.2 Å². The maximum absolute atomic E-state index is 13.0. The number of likely N-dealkylation sites (N-methyl/N-ethyl adjacent to an activating group) is 1. The van der Waals surface area contributed by atoms with Gasteiger partial charge in [-0.2, -0.15) is 0 Å². The Morgan fingerprint density at radius 2 is 1.67 bits per heavy atom. The minimum atomic E-state index is -0.0479. The Balaban J connectivity index is 1.69. The molecule has 0 N–H and O–H groups in total. The molecule has 2 aromatic rings. The van der Waals surface area contributed by atoms with Crippen molar-refractivity contribution >= 4 is 11.7 Å². The lowest BCUT2D eigenvalue weighted by molar-refractivity contribution is 0.0299. The van der Waals surface area contributed by atoms with E-state index in [9.17, 15) is 4.79 Å². The molecule has 0 radical (unpaired) electrons. The number of carbonyl (C=O) groups is 1. The summed E-state index contributed by atoms with van der Waals surface area (Å²) in [6.07, 6.45) is 0. The molecule has 1 aromatic carbocycles. The third-order valence-electron chi connectivity index (χ3n) is 5.09. The van der Waals surface area contributed by atoms with Gasteiger partial charge < -0.3 is 19.4 Å². The van der Waals surface area contributed by atoms with E-state index in [0.29, 0.717) is 37.8 Å². The number of anilines is 1. The molecule has 0 unspecified atom stereocenters.